The lowest BCUT2D eigenvalue weighted by Gasteiger charge is -2.26. The number of benzene rings is 2. The van der Waals surface area contributed by atoms with E-state index >= 15 is 0 Å². The highest BCUT2D eigenvalue weighted by molar-refractivity contribution is 5.41. The van der Waals surface area contributed by atoms with Gasteiger partial charge in [0.15, 0.2) is 0 Å². The van der Waals surface area contributed by atoms with Crippen molar-refractivity contribution in [2.24, 2.45) is 23.7 Å². The second-order valence-corrected chi connectivity index (χ2v) is 12.5. The van der Waals surface area contributed by atoms with Crippen LogP contribution in [0, 0.1) is 23.7 Å². The maximum absolute atomic E-state index is 6.13. The molecule has 6 rings (SSSR count). The molecule has 0 saturated heterocycles. The van der Waals surface area contributed by atoms with Crippen LogP contribution in [0.5, 0.6) is 11.5 Å². The van der Waals surface area contributed by atoms with Crippen LogP contribution in [0.15, 0.2) is 48.5 Å². The third-order valence-electron chi connectivity index (χ3n) is 9.87. The van der Waals surface area contributed by atoms with E-state index < -0.39 is 0 Å². The predicted octanol–water partition coefficient (Wildman–Crippen LogP) is 7.18. The van der Waals surface area contributed by atoms with Gasteiger partial charge in [0.1, 0.15) is 24.7 Å². The molecule has 6 atom stereocenters. The van der Waals surface area contributed by atoms with Crippen LogP contribution >= 0.6 is 0 Å². The first-order valence-corrected chi connectivity index (χ1v) is 14.7. The molecule has 200 valence electrons. The molecule has 0 aromatic heterocycles. The highest BCUT2D eigenvalue weighted by Crippen LogP contribution is 2.46. The number of fused-ring (bicyclic) bond motifs is 4. The second-order valence-electron chi connectivity index (χ2n) is 12.5. The van der Waals surface area contributed by atoms with Gasteiger partial charge in [-0.2, -0.15) is 0 Å². The van der Waals surface area contributed by atoms with Gasteiger partial charge in [0.25, 0.3) is 0 Å². The molecule has 2 aromatic rings. The van der Waals surface area contributed by atoms with Gasteiger partial charge < -0.3 is 18.9 Å². The maximum Gasteiger partial charge on any atom is 0.119 e. The van der Waals surface area contributed by atoms with Crippen molar-refractivity contribution in [2.45, 2.75) is 82.8 Å². The molecule has 4 saturated carbocycles. The zero-order valence-corrected chi connectivity index (χ0v) is 22.7. The topological polar surface area (TPSA) is 36.9 Å². The molecular weight excluding hydrogens is 460 g/mol. The van der Waals surface area contributed by atoms with Crippen LogP contribution < -0.4 is 9.47 Å². The molecule has 4 aliphatic carbocycles. The molecule has 4 fully saturated rings. The molecule has 2 aromatic carbocycles. The number of ether oxygens (including phenoxy) is 4. The van der Waals surface area contributed by atoms with E-state index in [1.807, 2.05) is 0 Å². The molecule has 0 spiro atoms. The molecule has 4 bridgehead atoms. The summed E-state index contributed by atoms with van der Waals surface area (Å²) < 4.78 is 24.2. The Labute approximate surface area is 223 Å². The summed E-state index contributed by atoms with van der Waals surface area (Å²) in [5.74, 6) is 5.27. The summed E-state index contributed by atoms with van der Waals surface area (Å²) in [5, 5.41) is 0. The molecule has 37 heavy (non-hydrogen) atoms. The van der Waals surface area contributed by atoms with Crippen LogP contribution in [0.3, 0.4) is 0 Å². The van der Waals surface area contributed by atoms with Crippen LogP contribution in [-0.2, 0) is 14.9 Å². The van der Waals surface area contributed by atoms with Gasteiger partial charge in [-0.1, -0.05) is 38.1 Å². The van der Waals surface area contributed by atoms with E-state index in [-0.39, 0.29) is 5.41 Å². The van der Waals surface area contributed by atoms with Gasteiger partial charge in [0.2, 0.25) is 0 Å². The number of rotatable bonds is 12. The lowest BCUT2D eigenvalue weighted by molar-refractivity contribution is 0.00233. The minimum atomic E-state index is -0.104. The Bertz CT molecular complexity index is 932. The van der Waals surface area contributed by atoms with E-state index in [4.69, 9.17) is 18.9 Å². The van der Waals surface area contributed by atoms with Crippen LogP contribution in [0.1, 0.15) is 76.3 Å². The molecule has 4 nitrogen and oxygen atoms in total. The van der Waals surface area contributed by atoms with E-state index in [2.05, 4.69) is 62.4 Å². The number of hydrogen-bond donors (Lipinski definition) is 0. The summed E-state index contributed by atoms with van der Waals surface area (Å²) >= 11 is 0. The first kappa shape index (κ1) is 25.2. The largest absolute Gasteiger partial charge is 0.491 e. The monoisotopic (exact) mass is 504 g/mol. The molecular formula is C33H44O4. The van der Waals surface area contributed by atoms with E-state index in [0.717, 1.165) is 35.2 Å². The number of hydrogen-bond acceptors (Lipinski definition) is 4. The average molecular weight is 505 g/mol. The molecule has 0 N–H and O–H groups in total. The molecule has 4 aliphatic rings. The quantitative estimate of drug-likeness (QED) is 0.287. The highest BCUT2D eigenvalue weighted by Gasteiger charge is 2.40. The first-order valence-electron chi connectivity index (χ1n) is 14.7. The predicted molar refractivity (Wildman–Crippen MR) is 146 cm³/mol. The second kappa shape index (κ2) is 11.0. The maximum atomic E-state index is 6.13. The van der Waals surface area contributed by atoms with Crippen molar-refractivity contribution < 1.29 is 18.9 Å². The average Bonchev–Trinajstić information content (AvgIpc) is 3.73. The summed E-state index contributed by atoms with van der Waals surface area (Å²) in [6, 6.07) is 17.1. The lowest BCUT2D eigenvalue weighted by atomic mass is 9.78. The molecule has 0 radical (unpaired) electrons. The standard InChI is InChI=1S/C33H44O4/c1-33(2,27-7-11-29(12-8-27)34-15-17-36-31-21-23-3-5-25(31)19-23)28-9-13-30(14-10-28)35-16-18-37-32-22-24-4-6-26(32)20-24/h7-14,23-26,31-32H,3-6,15-22H2,1-2H3. The fourth-order valence-corrected chi connectivity index (χ4v) is 7.60. The van der Waals surface area contributed by atoms with Gasteiger partial charge in [-0.3, -0.25) is 0 Å². The Morgan fingerprint density at radius 2 is 1.00 bits per heavy atom. The van der Waals surface area contributed by atoms with Crippen molar-refractivity contribution in [1.82, 2.24) is 0 Å². The van der Waals surface area contributed by atoms with Gasteiger partial charge >= 0.3 is 0 Å². The Hall–Kier alpha value is -2.04. The van der Waals surface area contributed by atoms with Crippen molar-refractivity contribution >= 4 is 0 Å². The fourth-order valence-electron chi connectivity index (χ4n) is 7.60. The zero-order chi connectivity index (χ0) is 25.2. The summed E-state index contributed by atoms with van der Waals surface area (Å²) in [6.07, 6.45) is 11.8. The van der Waals surface area contributed by atoms with Gasteiger partial charge in [-0.05, 0) is 110 Å². The molecule has 0 aliphatic heterocycles. The SMILES string of the molecule is CC(C)(c1ccc(OCCOC2CC3CCC2C3)cc1)c1ccc(OCCOC2CC3CCC2C3)cc1. The Morgan fingerprint density at radius 3 is 1.35 bits per heavy atom. The van der Waals surface area contributed by atoms with Crippen LogP contribution in [0.2, 0.25) is 0 Å². The fraction of sp³-hybridized carbons (Fsp3) is 0.636. The van der Waals surface area contributed by atoms with Crippen molar-refractivity contribution in [3.8, 4) is 11.5 Å². The highest BCUT2D eigenvalue weighted by atomic mass is 16.5. The molecule has 4 heteroatoms. The molecule has 0 amide bonds. The first-order chi connectivity index (χ1) is 18.0. The van der Waals surface area contributed by atoms with Gasteiger partial charge in [-0.25, -0.2) is 0 Å². The Balaban J connectivity index is 0.936. The van der Waals surface area contributed by atoms with Gasteiger partial charge in [0, 0.05) is 5.41 Å². The van der Waals surface area contributed by atoms with E-state index in [1.165, 1.54) is 62.5 Å². The third kappa shape index (κ3) is 5.71. The van der Waals surface area contributed by atoms with E-state index in [0.29, 0.717) is 38.6 Å². The lowest BCUT2D eigenvalue weighted by Crippen LogP contribution is -2.23. The zero-order valence-electron chi connectivity index (χ0n) is 22.7. The smallest absolute Gasteiger partial charge is 0.119 e. The van der Waals surface area contributed by atoms with E-state index in [9.17, 15) is 0 Å². The van der Waals surface area contributed by atoms with Gasteiger partial charge in [0.05, 0.1) is 25.4 Å². The Morgan fingerprint density at radius 1 is 0.568 bits per heavy atom. The van der Waals surface area contributed by atoms with E-state index in [1.54, 1.807) is 0 Å². The van der Waals surface area contributed by atoms with Crippen LogP contribution in [0.25, 0.3) is 0 Å². The minimum Gasteiger partial charge on any atom is -0.491 e. The van der Waals surface area contributed by atoms with Crippen LogP contribution in [-0.4, -0.2) is 38.6 Å². The molecule has 0 heterocycles. The summed E-state index contributed by atoms with van der Waals surface area (Å²) in [7, 11) is 0. The van der Waals surface area contributed by atoms with Gasteiger partial charge in [-0.15, -0.1) is 0 Å². The van der Waals surface area contributed by atoms with Crippen molar-refractivity contribution in [3.05, 3.63) is 59.7 Å². The summed E-state index contributed by atoms with van der Waals surface area (Å²) in [4.78, 5) is 0. The third-order valence-corrected chi connectivity index (χ3v) is 9.87. The normalized spacial score (nSPS) is 30.2. The summed E-state index contributed by atoms with van der Waals surface area (Å²) in [5.41, 5.74) is 2.43. The summed E-state index contributed by atoms with van der Waals surface area (Å²) in [6.45, 7) is 7.14. The van der Waals surface area contributed by atoms with Crippen LogP contribution in [0.4, 0.5) is 0 Å². The van der Waals surface area contributed by atoms with Crippen molar-refractivity contribution in [3.63, 3.8) is 0 Å². The van der Waals surface area contributed by atoms with Crippen molar-refractivity contribution in [1.29, 1.82) is 0 Å². The molecule has 6 unspecified atom stereocenters. The van der Waals surface area contributed by atoms with Crippen molar-refractivity contribution in [2.75, 3.05) is 26.4 Å². The minimum absolute atomic E-state index is 0.104. The Kier molecular flexibility index (Phi) is 7.49.